The van der Waals surface area contributed by atoms with Crippen LogP contribution in [0, 0.1) is 5.82 Å². The lowest BCUT2D eigenvalue weighted by Crippen LogP contribution is -2.39. The number of anilines is 2. The number of hydrogen-bond donors (Lipinski definition) is 2. The van der Waals surface area contributed by atoms with Crippen molar-refractivity contribution in [1.82, 2.24) is 4.98 Å². The van der Waals surface area contributed by atoms with Gasteiger partial charge in [-0.15, -0.1) is 0 Å². The van der Waals surface area contributed by atoms with E-state index in [-0.39, 0.29) is 0 Å². The lowest BCUT2D eigenvalue weighted by molar-refractivity contribution is 0.0559. The van der Waals surface area contributed by atoms with Crippen molar-refractivity contribution in [2.75, 3.05) is 24.2 Å². The third-order valence-electron chi connectivity index (χ3n) is 4.30. The van der Waals surface area contributed by atoms with Crippen molar-refractivity contribution in [3.63, 3.8) is 0 Å². The molecule has 0 amide bonds. The molecule has 1 aromatic carbocycles. The number of rotatable bonds is 3. The molecule has 1 saturated carbocycles. The Bertz CT molecular complexity index is 668. The number of halogens is 1. The first-order valence-corrected chi connectivity index (χ1v) is 7.26. The minimum Gasteiger partial charge on any atom is -0.398 e. The van der Waals surface area contributed by atoms with Crippen molar-refractivity contribution in [2.45, 2.75) is 31.3 Å². The van der Waals surface area contributed by atoms with Crippen LogP contribution in [0.5, 0.6) is 0 Å². The Labute approximate surface area is 123 Å². The van der Waals surface area contributed by atoms with Gasteiger partial charge in [0.1, 0.15) is 0 Å². The van der Waals surface area contributed by atoms with Crippen molar-refractivity contribution < 1.29 is 9.50 Å². The monoisotopic (exact) mass is 289 g/mol. The van der Waals surface area contributed by atoms with Crippen molar-refractivity contribution >= 4 is 22.3 Å². The number of hydrogen-bond acceptors (Lipinski definition) is 4. The highest BCUT2D eigenvalue weighted by Crippen LogP contribution is 2.35. The molecule has 112 valence electrons. The Morgan fingerprint density at radius 1 is 1.43 bits per heavy atom. The van der Waals surface area contributed by atoms with Gasteiger partial charge in [0.25, 0.3) is 0 Å². The van der Waals surface area contributed by atoms with Crippen LogP contribution in [-0.2, 0) is 0 Å². The highest BCUT2D eigenvalue weighted by Gasteiger charge is 2.33. The standard InChI is InChI=1S/C16H20FN3O/c1-20(10-16(21)6-2-3-7-16)15-12(17)9-13(18)11-5-4-8-19-14(11)15/h4-5,8-9,21H,2-3,6-7,10,18H2,1H3. The lowest BCUT2D eigenvalue weighted by Gasteiger charge is -2.30. The Kier molecular flexibility index (Phi) is 3.45. The van der Waals surface area contributed by atoms with Crippen LogP contribution in [0.25, 0.3) is 10.9 Å². The lowest BCUT2D eigenvalue weighted by atomic mass is 10.0. The molecule has 1 heterocycles. The summed E-state index contributed by atoms with van der Waals surface area (Å²) < 4.78 is 14.4. The molecule has 1 aliphatic carbocycles. The number of benzene rings is 1. The van der Waals surface area contributed by atoms with Gasteiger partial charge in [-0.1, -0.05) is 12.8 Å². The van der Waals surface area contributed by atoms with Crippen LogP contribution in [0.4, 0.5) is 15.8 Å². The average Bonchev–Trinajstić information content (AvgIpc) is 2.85. The molecule has 5 heteroatoms. The maximum absolute atomic E-state index is 14.4. The first kappa shape index (κ1) is 14.1. The molecule has 0 spiro atoms. The summed E-state index contributed by atoms with van der Waals surface area (Å²) in [7, 11) is 1.79. The summed E-state index contributed by atoms with van der Waals surface area (Å²) in [5.41, 5.74) is 6.46. The molecule has 0 atom stereocenters. The van der Waals surface area contributed by atoms with E-state index in [0.717, 1.165) is 31.1 Å². The van der Waals surface area contributed by atoms with Gasteiger partial charge in [-0.3, -0.25) is 4.98 Å². The number of aromatic nitrogens is 1. The molecule has 2 aromatic rings. The zero-order valence-electron chi connectivity index (χ0n) is 12.1. The normalized spacial score (nSPS) is 17.3. The van der Waals surface area contributed by atoms with Crippen molar-refractivity contribution in [3.8, 4) is 0 Å². The summed E-state index contributed by atoms with van der Waals surface area (Å²) in [5, 5.41) is 11.3. The number of nitrogens with zero attached hydrogens (tertiary/aromatic N) is 2. The molecule has 0 aliphatic heterocycles. The topological polar surface area (TPSA) is 62.4 Å². The van der Waals surface area contributed by atoms with Gasteiger partial charge in [-0.05, 0) is 31.0 Å². The van der Waals surface area contributed by atoms with Gasteiger partial charge in [-0.25, -0.2) is 4.39 Å². The fourth-order valence-electron chi connectivity index (χ4n) is 3.30. The van der Waals surface area contributed by atoms with Crippen molar-refractivity contribution in [2.24, 2.45) is 0 Å². The van der Waals surface area contributed by atoms with Crippen molar-refractivity contribution in [3.05, 3.63) is 30.2 Å². The number of pyridine rings is 1. The fraction of sp³-hybridized carbons (Fsp3) is 0.438. The van der Waals surface area contributed by atoms with Crippen LogP contribution in [0.15, 0.2) is 24.4 Å². The first-order valence-electron chi connectivity index (χ1n) is 7.26. The van der Waals surface area contributed by atoms with Gasteiger partial charge in [0.05, 0.1) is 16.8 Å². The maximum Gasteiger partial charge on any atom is 0.150 e. The molecule has 0 bridgehead atoms. The third kappa shape index (κ3) is 2.53. The van der Waals surface area contributed by atoms with Crippen LogP contribution in [-0.4, -0.2) is 29.3 Å². The number of nitrogen functional groups attached to an aromatic ring is 1. The fourth-order valence-corrected chi connectivity index (χ4v) is 3.30. The molecule has 4 nitrogen and oxygen atoms in total. The molecular formula is C16H20FN3O. The number of aliphatic hydroxyl groups is 1. The SMILES string of the molecule is CN(CC1(O)CCCC1)c1c(F)cc(N)c2cccnc12. The first-order chi connectivity index (χ1) is 10.0. The van der Waals surface area contributed by atoms with E-state index in [1.54, 1.807) is 24.2 Å². The Hall–Kier alpha value is -1.88. The van der Waals surface area contributed by atoms with Gasteiger partial charge in [-0.2, -0.15) is 0 Å². The smallest absolute Gasteiger partial charge is 0.150 e. The highest BCUT2D eigenvalue weighted by molar-refractivity contribution is 5.98. The van der Waals surface area contributed by atoms with Crippen LogP contribution in [0.2, 0.25) is 0 Å². The second-order valence-corrected chi connectivity index (χ2v) is 5.98. The predicted molar refractivity (Wildman–Crippen MR) is 82.8 cm³/mol. The quantitative estimate of drug-likeness (QED) is 0.853. The second-order valence-electron chi connectivity index (χ2n) is 5.98. The number of nitrogens with two attached hydrogens (primary N) is 1. The largest absolute Gasteiger partial charge is 0.398 e. The molecule has 1 aromatic heterocycles. The maximum atomic E-state index is 14.4. The highest BCUT2D eigenvalue weighted by atomic mass is 19.1. The third-order valence-corrected chi connectivity index (χ3v) is 4.30. The van der Waals surface area contributed by atoms with E-state index in [0.29, 0.717) is 23.4 Å². The number of likely N-dealkylation sites (N-methyl/N-ethyl adjacent to an activating group) is 1. The van der Waals surface area contributed by atoms with E-state index in [4.69, 9.17) is 5.73 Å². The Morgan fingerprint density at radius 2 is 2.14 bits per heavy atom. The molecule has 3 N–H and O–H groups in total. The van der Waals surface area contributed by atoms with Gasteiger partial charge < -0.3 is 15.7 Å². The minimum atomic E-state index is -0.732. The molecule has 0 saturated heterocycles. The summed E-state index contributed by atoms with van der Waals surface area (Å²) in [4.78, 5) is 6.04. The summed E-state index contributed by atoms with van der Waals surface area (Å²) in [6.45, 7) is 0.402. The van der Waals surface area contributed by atoms with E-state index >= 15 is 0 Å². The van der Waals surface area contributed by atoms with E-state index in [1.807, 2.05) is 6.07 Å². The molecular weight excluding hydrogens is 269 g/mol. The minimum absolute atomic E-state index is 0.382. The molecule has 0 unspecified atom stereocenters. The summed E-state index contributed by atoms with van der Waals surface area (Å²) >= 11 is 0. The van der Waals surface area contributed by atoms with Crippen LogP contribution in [0.1, 0.15) is 25.7 Å². The van der Waals surface area contributed by atoms with Crippen LogP contribution in [0.3, 0.4) is 0 Å². The van der Waals surface area contributed by atoms with Gasteiger partial charge >= 0.3 is 0 Å². The van der Waals surface area contributed by atoms with Crippen LogP contribution < -0.4 is 10.6 Å². The molecule has 0 radical (unpaired) electrons. The molecule has 1 aliphatic rings. The van der Waals surface area contributed by atoms with Gasteiger partial charge in [0, 0.05) is 30.9 Å². The van der Waals surface area contributed by atoms with E-state index in [2.05, 4.69) is 4.98 Å². The predicted octanol–water partition coefficient (Wildman–Crippen LogP) is 2.70. The molecule has 3 rings (SSSR count). The summed E-state index contributed by atoms with van der Waals surface area (Å²) in [6.07, 6.45) is 5.20. The van der Waals surface area contributed by atoms with E-state index in [9.17, 15) is 9.50 Å². The Morgan fingerprint density at radius 3 is 2.86 bits per heavy atom. The second kappa shape index (κ2) is 5.15. The summed E-state index contributed by atoms with van der Waals surface area (Å²) in [6, 6.07) is 4.94. The molecule has 21 heavy (non-hydrogen) atoms. The summed E-state index contributed by atoms with van der Waals surface area (Å²) in [5.74, 6) is -0.400. The Balaban J connectivity index is 2.03. The van der Waals surface area contributed by atoms with Gasteiger partial charge in [0.15, 0.2) is 5.82 Å². The zero-order valence-corrected chi connectivity index (χ0v) is 12.1. The van der Waals surface area contributed by atoms with Crippen LogP contribution >= 0.6 is 0 Å². The van der Waals surface area contributed by atoms with Gasteiger partial charge in [0.2, 0.25) is 0 Å². The van der Waals surface area contributed by atoms with Crippen molar-refractivity contribution in [1.29, 1.82) is 0 Å². The van der Waals surface area contributed by atoms with E-state index in [1.165, 1.54) is 6.07 Å². The average molecular weight is 289 g/mol. The molecule has 1 fully saturated rings. The number of fused-ring (bicyclic) bond motifs is 1. The van der Waals surface area contributed by atoms with E-state index < -0.39 is 11.4 Å². The zero-order chi connectivity index (χ0) is 15.0.